The van der Waals surface area contributed by atoms with Gasteiger partial charge in [0.25, 0.3) is 5.69 Å². The van der Waals surface area contributed by atoms with E-state index in [4.69, 9.17) is 0 Å². The quantitative estimate of drug-likeness (QED) is 0.604. The average Bonchev–Trinajstić information content (AvgIpc) is 2.52. The van der Waals surface area contributed by atoms with Gasteiger partial charge in [-0.05, 0) is 19.8 Å². The first-order valence-electron chi connectivity index (χ1n) is 7.62. The van der Waals surface area contributed by atoms with Crippen molar-refractivity contribution < 1.29 is 13.3 Å². The van der Waals surface area contributed by atoms with Crippen molar-refractivity contribution in [3.63, 3.8) is 0 Å². The zero-order valence-corrected chi connectivity index (χ0v) is 14.5. The summed E-state index contributed by atoms with van der Waals surface area (Å²) in [5, 5.41) is 11.2. The van der Waals surface area contributed by atoms with Gasteiger partial charge < -0.3 is 0 Å². The fraction of sp³-hybridized carbons (Fsp3) is 0.600. The molecule has 128 valence electrons. The Morgan fingerprint density at radius 3 is 2.39 bits per heavy atom. The lowest BCUT2D eigenvalue weighted by Gasteiger charge is -2.38. The van der Waals surface area contributed by atoms with E-state index in [1.807, 2.05) is 13.0 Å². The van der Waals surface area contributed by atoms with E-state index < -0.39 is 10.0 Å². The van der Waals surface area contributed by atoms with Gasteiger partial charge in [-0.2, -0.15) is 0 Å². The highest BCUT2D eigenvalue weighted by atomic mass is 32.2. The number of rotatable bonds is 5. The van der Waals surface area contributed by atoms with Gasteiger partial charge in [-0.15, -0.1) is 0 Å². The van der Waals surface area contributed by atoms with Crippen LogP contribution in [0.5, 0.6) is 0 Å². The summed E-state index contributed by atoms with van der Waals surface area (Å²) in [6.45, 7) is 3.40. The van der Waals surface area contributed by atoms with Crippen LogP contribution in [0, 0.1) is 10.1 Å². The molecule has 1 aliphatic rings. The zero-order chi connectivity index (χ0) is 17.2. The summed E-state index contributed by atoms with van der Waals surface area (Å²) in [6.07, 6.45) is 2.68. The fourth-order valence-electron chi connectivity index (χ4n) is 3.11. The summed E-state index contributed by atoms with van der Waals surface area (Å²) in [5.74, 6) is 0. The second-order valence-corrected chi connectivity index (χ2v) is 8.08. The van der Waals surface area contributed by atoms with Crippen LogP contribution >= 0.6 is 0 Å². The Morgan fingerprint density at radius 2 is 1.87 bits per heavy atom. The topological polar surface area (TPSA) is 83.8 Å². The van der Waals surface area contributed by atoms with Crippen molar-refractivity contribution in [3.05, 3.63) is 39.9 Å². The molecule has 8 heteroatoms. The highest BCUT2D eigenvalue weighted by molar-refractivity contribution is 7.88. The third kappa shape index (κ3) is 4.07. The van der Waals surface area contributed by atoms with Crippen molar-refractivity contribution in [2.45, 2.75) is 31.8 Å². The average molecular weight is 341 g/mol. The van der Waals surface area contributed by atoms with E-state index in [1.165, 1.54) is 16.6 Å². The predicted octanol–water partition coefficient (Wildman–Crippen LogP) is 2.01. The largest absolute Gasteiger partial charge is 0.296 e. The molecule has 1 heterocycles. The monoisotopic (exact) mass is 341 g/mol. The lowest BCUT2D eigenvalue weighted by Crippen LogP contribution is -2.45. The minimum Gasteiger partial charge on any atom is -0.296 e. The molecule has 0 bridgehead atoms. The first-order valence-corrected chi connectivity index (χ1v) is 9.47. The van der Waals surface area contributed by atoms with Gasteiger partial charge >= 0.3 is 0 Å². The molecule has 0 unspecified atom stereocenters. The third-order valence-corrected chi connectivity index (χ3v) is 6.01. The van der Waals surface area contributed by atoms with Gasteiger partial charge in [-0.1, -0.05) is 18.2 Å². The molecule has 1 aromatic carbocycles. The Labute approximate surface area is 137 Å². The van der Waals surface area contributed by atoms with Crippen molar-refractivity contribution in [3.8, 4) is 0 Å². The van der Waals surface area contributed by atoms with Gasteiger partial charge in [-0.25, -0.2) is 12.7 Å². The van der Waals surface area contributed by atoms with Crippen molar-refractivity contribution in [2.24, 2.45) is 0 Å². The number of hydrogen-bond acceptors (Lipinski definition) is 5. The molecule has 1 aliphatic heterocycles. The van der Waals surface area contributed by atoms with Gasteiger partial charge in [0.1, 0.15) is 0 Å². The number of nitro groups is 1. The Bertz CT molecular complexity index is 669. The van der Waals surface area contributed by atoms with Crippen molar-refractivity contribution in [1.29, 1.82) is 0 Å². The molecule has 23 heavy (non-hydrogen) atoms. The van der Waals surface area contributed by atoms with Gasteiger partial charge in [-0.3, -0.25) is 15.0 Å². The number of nitrogens with zero attached hydrogens (tertiary/aromatic N) is 3. The molecular formula is C15H23N3O4S. The second-order valence-electron chi connectivity index (χ2n) is 6.04. The van der Waals surface area contributed by atoms with Crippen molar-refractivity contribution in [1.82, 2.24) is 9.21 Å². The SMILES string of the molecule is C[C@@H](c1ccccc1[N+](=O)[O-])N1CCC(N(C)S(C)(=O)=O)CC1. The number of hydrogen-bond donors (Lipinski definition) is 0. The Hall–Kier alpha value is -1.51. The molecule has 1 saturated heterocycles. The Kier molecular flexibility index (Phi) is 5.38. The molecule has 1 aromatic rings. The highest BCUT2D eigenvalue weighted by Crippen LogP contribution is 2.31. The van der Waals surface area contributed by atoms with Gasteiger partial charge in [0.2, 0.25) is 10.0 Å². The van der Waals surface area contributed by atoms with Gasteiger partial charge in [0.15, 0.2) is 0 Å². The molecule has 0 aliphatic carbocycles. The molecule has 2 rings (SSSR count). The number of nitro benzene ring substituents is 1. The van der Waals surface area contributed by atoms with Crippen LogP contribution in [0.4, 0.5) is 5.69 Å². The van der Waals surface area contributed by atoms with Crippen LogP contribution in [0.3, 0.4) is 0 Å². The first kappa shape index (κ1) is 17.8. The van der Waals surface area contributed by atoms with Crippen LogP contribution in [-0.4, -0.2) is 55.0 Å². The maximum absolute atomic E-state index is 11.6. The number of para-hydroxylation sites is 1. The molecule has 0 spiro atoms. The first-order chi connectivity index (χ1) is 10.7. The molecule has 0 N–H and O–H groups in total. The molecule has 0 amide bonds. The number of likely N-dealkylation sites (tertiary alicyclic amines) is 1. The maximum Gasteiger partial charge on any atom is 0.274 e. The molecule has 0 saturated carbocycles. The maximum atomic E-state index is 11.6. The fourth-order valence-corrected chi connectivity index (χ4v) is 3.86. The highest BCUT2D eigenvalue weighted by Gasteiger charge is 2.31. The van der Waals surface area contributed by atoms with E-state index in [1.54, 1.807) is 19.2 Å². The van der Waals surface area contributed by atoms with Gasteiger partial charge in [0.05, 0.1) is 11.2 Å². The number of sulfonamides is 1. The summed E-state index contributed by atoms with van der Waals surface area (Å²) in [7, 11) is -1.57. The van der Waals surface area contributed by atoms with E-state index in [0.29, 0.717) is 5.56 Å². The predicted molar refractivity (Wildman–Crippen MR) is 88.7 cm³/mol. The Morgan fingerprint density at radius 1 is 1.30 bits per heavy atom. The van der Waals surface area contributed by atoms with Crippen molar-refractivity contribution in [2.75, 3.05) is 26.4 Å². The third-order valence-electron chi connectivity index (χ3n) is 4.67. The molecular weight excluding hydrogens is 318 g/mol. The molecule has 0 radical (unpaired) electrons. The van der Waals surface area contributed by atoms with Crippen LogP contribution in [-0.2, 0) is 10.0 Å². The normalized spacial score (nSPS) is 19.0. The second kappa shape index (κ2) is 6.94. The summed E-state index contributed by atoms with van der Waals surface area (Å²) >= 11 is 0. The van der Waals surface area contributed by atoms with E-state index in [-0.39, 0.29) is 22.7 Å². The van der Waals surface area contributed by atoms with E-state index in [9.17, 15) is 18.5 Å². The summed E-state index contributed by atoms with van der Waals surface area (Å²) in [6, 6.07) is 6.72. The summed E-state index contributed by atoms with van der Waals surface area (Å²) in [4.78, 5) is 13.0. The Balaban J connectivity index is 2.07. The summed E-state index contributed by atoms with van der Waals surface area (Å²) in [5.41, 5.74) is 0.836. The minimum atomic E-state index is -3.18. The summed E-state index contributed by atoms with van der Waals surface area (Å²) < 4.78 is 24.7. The standard InChI is InChI=1S/C15H23N3O4S/c1-12(14-6-4-5-7-15(14)18(19)20)17-10-8-13(9-11-17)16(2)23(3,21)22/h4-7,12-13H,8-11H2,1-3H3/t12-/m0/s1. The lowest BCUT2D eigenvalue weighted by molar-refractivity contribution is -0.386. The molecule has 7 nitrogen and oxygen atoms in total. The smallest absolute Gasteiger partial charge is 0.274 e. The van der Waals surface area contributed by atoms with Gasteiger partial charge in [0, 0.05) is 43.9 Å². The molecule has 1 atom stereocenters. The van der Waals surface area contributed by atoms with E-state index in [0.717, 1.165) is 25.9 Å². The number of piperidine rings is 1. The lowest BCUT2D eigenvalue weighted by atomic mass is 9.99. The minimum absolute atomic E-state index is 0.000732. The van der Waals surface area contributed by atoms with Crippen LogP contribution in [0.1, 0.15) is 31.4 Å². The van der Waals surface area contributed by atoms with Crippen LogP contribution < -0.4 is 0 Å². The van der Waals surface area contributed by atoms with Crippen LogP contribution in [0.15, 0.2) is 24.3 Å². The van der Waals surface area contributed by atoms with Crippen LogP contribution in [0.25, 0.3) is 0 Å². The van der Waals surface area contributed by atoms with E-state index in [2.05, 4.69) is 4.90 Å². The van der Waals surface area contributed by atoms with E-state index >= 15 is 0 Å². The van der Waals surface area contributed by atoms with Crippen molar-refractivity contribution >= 4 is 15.7 Å². The zero-order valence-electron chi connectivity index (χ0n) is 13.7. The number of benzene rings is 1. The van der Waals surface area contributed by atoms with Crippen LogP contribution in [0.2, 0.25) is 0 Å². The molecule has 1 fully saturated rings. The molecule has 0 aromatic heterocycles.